The Balaban J connectivity index is 2.00. The molecule has 0 unspecified atom stereocenters. The maximum atomic E-state index is 11.7. The Bertz CT molecular complexity index is 243. The van der Waals surface area contributed by atoms with E-state index in [-0.39, 0.29) is 6.42 Å². The predicted molar refractivity (Wildman–Crippen MR) is 45.7 cm³/mol. The van der Waals surface area contributed by atoms with Crippen LogP contribution in [0.15, 0.2) is 22.8 Å². The quantitative estimate of drug-likeness (QED) is 0.751. The molecule has 1 heterocycles. The number of hydrogen-bond donors (Lipinski definition) is 1. The summed E-state index contributed by atoms with van der Waals surface area (Å²) in [5.41, 5.74) is 0. The van der Waals surface area contributed by atoms with E-state index < -0.39 is 12.6 Å². The Hall–Kier alpha value is -0.970. The van der Waals surface area contributed by atoms with Crippen LogP contribution < -0.4 is 5.32 Å². The molecule has 0 saturated heterocycles. The molecular weight excluding hydrogens is 195 g/mol. The van der Waals surface area contributed by atoms with Gasteiger partial charge in [0.2, 0.25) is 0 Å². The van der Waals surface area contributed by atoms with Gasteiger partial charge in [0.1, 0.15) is 5.76 Å². The summed E-state index contributed by atoms with van der Waals surface area (Å²) in [6.07, 6.45) is -3.15. The van der Waals surface area contributed by atoms with Gasteiger partial charge in [-0.3, -0.25) is 0 Å². The lowest BCUT2D eigenvalue weighted by Gasteiger charge is -2.05. The molecule has 1 aromatic heterocycles. The SMILES string of the molecule is FC(F)(F)CCCNCc1ccco1. The van der Waals surface area contributed by atoms with Gasteiger partial charge in [0.15, 0.2) is 0 Å². The van der Waals surface area contributed by atoms with Gasteiger partial charge >= 0.3 is 6.18 Å². The fourth-order valence-electron chi connectivity index (χ4n) is 1.04. The number of hydrogen-bond acceptors (Lipinski definition) is 2. The second-order valence-corrected chi connectivity index (χ2v) is 2.97. The Morgan fingerprint density at radius 3 is 2.71 bits per heavy atom. The Morgan fingerprint density at radius 1 is 1.36 bits per heavy atom. The molecule has 0 aliphatic rings. The molecule has 80 valence electrons. The van der Waals surface area contributed by atoms with Crippen molar-refractivity contribution in [3.8, 4) is 0 Å². The highest BCUT2D eigenvalue weighted by molar-refractivity contribution is 4.97. The Kier molecular flexibility index (Phi) is 4.00. The van der Waals surface area contributed by atoms with Crippen molar-refractivity contribution < 1.29 is 17.6 Å². The van der Waals surface area contributed by atoms with Crippen molar-refractivity contribution in [1.29, 1.82) is 0 Å². The number of halogens is 3. The van der Waals surface area contributed by atoms with Crippen LogP contribution in [0, 0.1) is 0 Å². The summed E-state index contributed by atoms with van der Waals surface area (Å²) in [5.74, 6) is 0.733. The molecule has 1 aromatic rings. The van der Waals surface area contributed by atoms with Gasteiger partial charge in [-0.15, -0.1) is 0 Å². The van der Waals surface area contributed by atoms with Gasteiger partial charge in [-0.25, -0.2) is 0 Å². The maximum Gasteiger partial charge on any atom is 0.389 e. The lowest BCUT2D eigenvalue weighted by atomic mass is 10.3. The van der Waals surface area contributed by atoms with Crippen molar-refractivity contribution in [2.75, 3.05) is 6.54 Å². The maximum absolute atomic E-state index is 11.7. The molecule has 2 nitrogen and oxygen atoms in total. The summed E-state index contributed by atoms with van der Waals surface area (Å²) in [4.78, 5) is 0. The smallest absolute Gasteiger partial charge is 0.389 e. The molecule has 0 radical (unpaired) electrons. The summed E-state index contributed by atoms with van der Waals surface area (Å²) in [7, 11) is 0. The first kappa shape index (κ1) is 11.1. The van der Waals surface area contributed by atoms with E-state index in [4.69, 9.17) is 4.42 Å². The first-order chi connectivity index (χ1) is 6.58. The molecule has 5 heteroatoms. The fraction of sp³-hybridized carbons (Fsp3) is 0.556. The minimum absolute atomic E-state index is 0.101. The highest BCUT2D eigenvalue weighted by atomic mass is 19.4. The molecule has 0 aliphatic carbocycles. The van der Waals surface area contributed by atoms with Crippen LogP contribution in [-0.4, -0.2) is 12.7 Å². The van der Waals surface area contributed by atoms with Crippen molar-refractivity contribution in [1.82, 2.24) is 5.32 Å². The van der Waals surface area contributed by atoms with Gasteiger partial charge in [-0.1, -0.05) is 0 Å². The van der Waals surface area contributed by atoms with E-state index in [1.807, 2.05) is 0 Å². The van der Waals surface area contributed by atoms with Gasteiger partial charge in [-0.2, -0.15) is 13.2 Å². The van der Waals surface area contributed by atoms with Crippen molar-refractivity contribution in [2.45, 2.75) is 25.6 Å². The summed E-state index contributed by atoms with van der Waals surface area (Å²) in [6, 6.07) is 3.52. The zero-order chi connectivity index (χ0) is 10.4. The minimum atomic E-state index is -4.05. The third-order valence-corrected chi connectivity index (χ3v) is 1.69. The van der Waals surface area contributed by atoms with Gasteiger partial charge in [0.05, 0.1) is 12.8 Å². The van der Waals surface area contributed by atoms with E-state index in [0.717, 1.165) is 5.76 Å². The van der Waals surface area contributed by atoms with Crippen LogP contribution in [0.4, 0.5) is 13.2 Å². The van der Waals surface area contributed by atoms with E-state index in [2.05, 4.69) is 5.32 Å². The van der Waals surface area contributed by atoms with Crippen LogP contribution in [0.5, 0.6) is 0 Å². The normalized spacial score (nSPS) is 11.9. The standard InChI is InChI=1S/C9H12F3NO/c10-9(11,12)4-2-5-13-7-8-3-1-6-14-8/h1,3,6,13H,2,4-5,7H2. The van der Waals surface area contributed by atoms with E-state index in [1.165, 1.54) is 6.26 Å². The highest BCUT2D eigenvalue weighted by Gasteiger charge is 2.25. The number of nitrogens with one attached hydrogen (secondary N) is 1. The molecule has 0 amide bonds. The third-order valence-electron chi connectivity index (χ3n) is 1.69. The lowest BCUT2D eigenvalue weighted by molar-refractivity contribution is -0.135. The number of rotatable bonds is 5. The van der Waals surface area contributed by atoms with Crippen molar-refractivity contribution in [2.24, 2.45) is 0 Å². The second-order valence-electron chi connectivity index (χ2n) is 2.97. The zero-order valence-corrected chi connectivity index (χ0v) is 7.60. The zero-order valence-electron chi connectivity index (χ0n) is 7.60. The third kappa shape index (κ3) is 4.91. The molecule has 0 spiro atoms. The van der Waals surface area contributed by atoms with Crippen LogP contribution in [0.2, 0.25) is 0 Å². The van der Waals surface area contributed by atoms with Crippen molar-refractivity contribution in [3.05, 3.63) is 24.2 Å². The molecule has 0 bridgehead atoms. The molecule has 0 aromatic carbocycles. The Morgan fingerprint density at radius 2 is 2.14 bits per heavy atom. The van der Waals surface area contributed by atoms with Crippen molar-refractivity contribution in [3.63, 3.8) is 0 Å². The summed E-state index contributed by atoms with van der Waals surface area (Å²) in [5, 5.41) is 2.87. The largest absolute Gasteiger partial charge is 0.468 e. The topological polar surface area (TPSA) is 25.2 Å². The van der Waals surface area contributed by atoms with Crippen LogP contribution in [0.3, 0.4) is 0 Å². The average Bonchev–Trinajstić information content (AvgIpc) is 2.54. The van der Waals surface area contributed by atoms with Crippen LogP contribution in [-0.2, 0) is 6.54 Å². The average molecular weight is 207 g/mol. The number of alkyl halides is 3. The summed E-state index contributed by atoms with van der Waals surface area (Å²) in [6.45, 7) is 0.824. The molecule has 0 atom stereocenters. The molecule has 1 N–H and O–H groups in total. The minimum Gasteiger partial charge on any atom is -0.468 e. The van der Waals surface area contributed by atoms with Crippen LogP contribution in [0.1, 0.15) is 18.6 Å². The van der Waals surface area contributed by atoms with Crippen molar-refractivity contribution >= 4 is 0 Å². The number of furan rings is 1. The van der Waals surface area contributed by atoms with Crippen LogP contribution >= 0.6 is 0 Å². The summed E-state index contributed by atoms with van der Waals surface area (Å²) >= 11 is 0. The summed E-state index contributed by atoms with van der Waals surface area (Å²) < 4.78 is 40.1. The Labute approximate surface area is 80.1 Å². The molecule has 14 heavy (non-hydrogen) atoms. The first-order valence-electron chi connectivity index (χ1n) is 4.38. The molecule has 0 aliphatic heterocycles. The second kappa shape index (κ2) is 5.05. The van der Waals surface area contributed by atoms with E-state index in [1.54, 1.807) is 12.1 Å². The molecule has 0 saturated carbocycles. The predicted octanol–water partition coefficient (Wildman–Crippen LogP) is 2.71. The van der Waals surface area contributed by atoms with E-state index in [9.17, 15) is 13.2 Å². The van der Waals surface area contributed by atoms with E-state index >= 15 is 0 Å². The van der Waals surface area contributed by atoms with Gasteiger partial charge in [-0.05, 0) is 25.1 Å². The first-order valence-corrected chi connectivity index (χ1v) is 4.38. The lowest BCUT2D eigenvalue weighted by Crippen LogP contribution is -2.17. The fourth-order valence-corrected chi connectivity index (χ4v) is 1.04. The molecule has 0 fully saturated rings. The van der Waals surface area contributed by atoms with E-state index in [0.29, 0.717) is 13.1 Å². The molecule has 1 rings (SSSR count). The van der Waals surface area contributed by atoms with Gasteiger partial charge < -0.3 is 9.73 Å². The van der Waals surface area contributed by atoms with Crippen LogP contribution in [0.25, 0.3) is 0 Å². The van der Waals surface area contributed by atoms with Gasteiger partial charge in [0, 0.05) is 6.42 Å². The van der Waals surface area contributed by atoms with Gasteiger partial charge in [0.25, 0.3) is 0 Å². The monoisotopic (exact) mass is 207 g/mol. The highest BCUT2D eigenvalue weighted by Crippen LogP contribution is 2.20. The molecular formula is C9H12F3NO.